The molecule has 0 radical (unpaired) electrons. The van der Waals surface area contributed by atoms with Gasteiger partial charge in [0.1, 0.15) is 6.10 Å². The smallest absolute Gasteiger partial charge is 0.192 e. The molecule has 0 aromatic rings. The first-order valence-corrected chi connectivity index (χ1v) is 10.8. The molecule has 0 bridgehead atoms. The van der Waals surface area contributed by atoms with Crippen LogP contribution in [0.25, 0.3) is 0 Å². The van der Waals surface area contributed by atoms with Gasteiger partial charge in [0.2, 0.25) is 0 Å². The molecule has 0 N–H and O–H groups in total. The largest absolute Gasteiger partial charge is 0.375 e. The van der Waals surface area contributed by atoms with Crippen molar-refractivity contribution >= 4 is 0 Å². The van der Waals surface area contributed by atoms with E-state index in [4.69, 9.17) is 18.9 Å². The minimum atomic E-state index is -0.766. The summed E-state index contributed by atoms with van der Waals surface area (Å²) < 4.78 is 24.0. The zero-order valence-electron chi connectivity index (χ0n) is 17.6. The highest BCUT2D eigenvalue weighted by Crippen LogP contribution is 2.36. The van der Waals surface area contributed by atoms with E-state index in [1.807, 2.05) is 19.9 Å². The fourth-order valence-corrected chi connectivity index (χ4v) is 3.68. The molecular formula is C22H42O4. The fraction of sp³-hybridized carbons (Fsp3) is 0.909. The van der Waals surface area contributed by atoms with Gasteiger partial charge in [-0.1, -0.05) is 59.0 Å². The Hall–Kier alpha value is -0.420. The molecule has 1 heterocycles. The Morgan fingerprint density at radius 3 is 2.15 bits per heavy atom. The van der Waals surface area contributed by atoms with Crippen molar-refractivity contribution in [3.05, 3.63) is 12.7 Å². The molecule has 1 aliphatic rings. The lowest BCUT2D eigenvalue weighted by Crippen LogP contribution is -2.48. The summed E-state index contributed by atoms with van der Waals surface area (Å²) >= 11 is 0. The van der Waals surface area contributed by atoms with Gasteiger partial charge in [-0.25, -0.2) is 0 Å². The minimum absolute atomic E-state index is 0.108. The lowest BCUT2D eigenvalue weighted by molar-refractivity contribution is -0.252. The van der Waals surface area contributed by atoms with E-state index in [2.05, 4.69) is 20.4 Å². The maximum absolute atomic E-state index is 6.36. The minimum Gasteiger partial charge on any atom is -0.375 e. The normalized spacial score (nSPS) is 19.3. The van der Waals surface area contributed by atoms with Crippen LogP contribution in [0.2, 0.25) is 0 Å². The summed E-state index contributed by atoms with van der Waals surface area (Å²) in [6.07, 6.45) is 11.7. The first kappa shape index (κ1) is 23.6. The summed E-state index contributed by atoms with van der Waals surface area (Å²) in [6.45, 7) is 15.2. The molecule has 0 spiro atoms. The van der Waals surface area contributed by atoms with Crippen molar-refractivity contribution < 1.29 is 18.9 Å². The Labute approximate surface area is 161 Å². The summed E-state index contributed by atoms with van der Waals surface area (Å²) in [5.41, 5.74) is 0. The van der Waals surface area contributed by atoms with Gasteiger partial charge in [0.25, 0.3) is 0 Å². The van der Waals surface area contributed by atoms with E-state index in [1.165, 1.54) is 32.1 Å². The van der Waals surface area contributed by atoms with E-state index >= 15 is 0 Å². The third-order valence-electron chi connectivity index (χ3n) is 5.08. The first-order valence-electron chi connectivity index (χ1n) is 10.8. The van der Waals surface area contributed by atoms with E-state index < -0.39 is 5.79 Å². The van der Waals surface area contributed by atoms with Gasteiger partial charge < -0.3 is 18.9 Å². The fourth-order valence-electron chi connectivity index (χ4n) is 3.68. The monoisotopic (exact) mass is 370 g/mol. The average molecular weight is 371 g/mol. The van der Waals surface area contributed by atoms with Crippen LogP contribution in [0.4, 0.5) is 0 Å². The van der Waals surface area contributed by atoms with E-state index in [9.17, 15) is 0 Å². The van der Waals surface area contributed by atoms with Crippen molar-refractivity contribution in [1.82, 2.24) is 0 Å². The third kappa shape index (κ3) is 8.08. The van der Waals surface area contributed by atoms with Gasteiger partial charge >= 0.3 is 0 Å². The van der Waals surface area contributed by atoms with E-state index in [0.29, 0.717) is 19.8 Å². The van der Waals surface area contributed by atoms with Gasteiger partial charge in [-0.2, -0.15) is 0 Å². The van der Waals surface area contributed by atoms with Crippen LogP contribution in [0.15, 0.2) is 12.7 Å². The molecule has 154 valence electrons. The molecule has 1 rings (SSSR count). The van der Waals surface area contributed by atoms with E-state index in [-0.39, 0.29) is 18.1 Å². The zero-order chi connectivity index (χ0) is 19.3. The van der Waals surface area contributed by atoms with Crippen LogP contribution in [0.5, 0.6) is 0 Å². The molecule has 0 saturated carbocycles. The summed E-state index contributed by atoms with van der Waals surface area (Å²) in [5, 5.41) is 0. The van der Waals surface area contributed by atoms with Crippen molar-refractivity contribution in [2.75, 3.05) is 26.4 Å². The highest BCUT2D eigenvalue weighted by Gasteiger charge is 2.43. The van der Waals surface area contributed by atoms with Crippen molar-refractivity contribution in [1.29, 1.82) is 0 Å². The van der Waals surface area contributed by atoms with Gasteiger partial charge in [-0.05, 0) is 32.8 Å². The maximum Gasteiger partial charge on any atom is 0.192 e. The molecule has 1 saturated heterocycles. The second kappa shape index (κ2) is 13.7. The van der Waals surface area contributed by atoms with Crippen LogP contribution < -0.4 is 0 Å². The number of hydrogen-bond acceptors (Lipinski definition) is 4. The lowest BCUT2D eigenvalue weighted by atomic mass is 9.85. The molecule has 26 heavy (non-hydrogen) atoms. The molecular weight excluding hydrogens is 328 g/mol. The second-order valence-electron chi connectivity index (χ2n) is 7.22. The summed E-state index contributed by atoms with van der Waals surface area (Å²) in [7, 11) is 0. The van der Waals surface area contributed by atoms with Crippen molar-refractivity contribution in [3.8, 4) is 0 Å². The lowest BCUT2D eigenvalue weighted by Gasteiger charge is -2.41. The van der Waals surface area contributed by atoms with Crippen LogP contribution in [0.1, 0.15) is 79.1 Å². The Balaban J connectivity index is 2.84. The highest BCUT2D eigenvalue weighted by atomic mass is 16.7. The molecule has 3 atom stereocenters. The second-order valence-corrected chi connectivity index (χ2v) is 7.22. The Bertz CT molecular complexity index is 348. The van der Waals surface area contributed by atoms with Gasteiger partial charge in [0.05, 0.1) is 19.3 Å². The van der Waals surface area contributed by atoms with Crippen molar-refractivity contribution in [3.63, 3.8) is 0 Å². The summed E-state index contributed by atoms with van der Waals surface area (Å²) in [5.74, 6) is -0.618. The van der Waals surface area contributed by atoms with Gasteiger partial charge in [-0.3, -0.25) is 0 Å². The number of hydrogen-bond donors (Lipinski definition) is 0. The predicted octanol–water partition coefficient (Wildman–Crippen LogP) is 5.50. The first-order chi connectivity index (χ1) is 12.7. The van der Waals surface area contributed by atoms with Gasteiger partial charge in [0, 0.05) is 19.1 Å². The van der Waals surface area contributed by atoms with Crippen LogP contribution in [0, 0.1) is 5.92 Å². The van der Waals surface area contributed by atoms with Gasteiger partial charge in [-0.15, -0.1) is 0 Å². The molecule has 1 fully saturated rings. The molecule has 0 aromatic carbocycles. The Kier molecular flexibility index (Phi) is 12.4. The van der Waals surface area contributed by atoms with E-state index in [0.717, 1.165) is 25.9 Å². The standard InChI is InChI=1S/C22H42O4/c1-6-11-12-13-14-16-21(24-18-19-17-23-19)20(15-7-2)22(8-3,25-9-4)26-10-5/h8,19-21H,3,6-7,9-18H2,1-2,4-5H3. The van der Waals surface area contributed by atoms with Crippen LogP contribution in [-0.4, -0.2) is 44.4 Å². The van der Waals surface area contributed by atoms with Crippen LogP contribution >= 0.6 is 0 Å². The maximum atomic E-state index is 6.36. The molecule has 4 heteroatoms. The molecule has 1 aliphatic heterocycles. The van der Waals surface area contributed by atoms with E-state index in [1.54, 1.807) is 0 Å². The van der Waals surface area contributed by atoms with Gasteiger partial charge in [0.15, 0.2) is 5.79 Å². The number of ether oxygens (including phenoxy) is 4. The summed E-state index contributed by atoms with van der Waals surface area (Å²) in [6, 6.07) is 0. The Morgan fingerprint density at radius 1 is 1.00 bits per heavy atom. The average Bonchev–Trinajstić information content (AvgIpc) is 3.46. The van der Waals surface area contributed by atoms with Crippen molar-refractivity contribution in [2.24, 2.45) is 5.92 Å². The third-order valence-corrected chi connectivity index (χ3v) is 5.08. The number of rotatable bonds is 18. The van der Waals surface area contributed by atoms with Crippen molar-refractivity contribution in [2.45, 2.75) is 97.1 Å². The topological polar surface area (TPSA) is 40.2 Å². The number of epoxide rings is 1. The molecule has 3 unspecified atom stereocenters. The molecule has 0 aromatic heterocycles. The number of unbranched alkanes of at least 4 members (excludes halogenated alkanes) is 4. The molecule has 0 amide bonds. The quantitative estimate of drug-likeness (QED) is 0.138. The van der Waals surface area contributed by atoms with Crippen LogP contribution in [-0.2, 0) is 18.9 Å². The SMILES string of the molecule is C=CC(OCC)(OCC)C(CCC)C(CCCCCCC)OCC1CO1. The zero-order valence-corrected chi connectivity index (χ0v) is 17.6. The van der Waals surface area contributed by atoms with Crippen LogP contribution in [0.3, 0.4) is 0 Å². The highest BCUT2D eigenvalue weighted by molar-refractivity contribution is 4.98. The predicted molar refractivity (Wildman–Crippen MR) is 107 cm³/mol. The molecule has 4 nitrogen and oxygen atoms in total. The molecule has 0 aliphatic carbocycles. The summed E-state index contributed by atoms with van der Waals surface area (Å²) in [4.78, 5) is 0. The Morgan fingerprint density at radius 2 is 1.65 bits per heavy atom.